The zero-order valence-corrected chi connectivity index (χ0v) is 13.1. The summed E-state index contributed by atoms with van der Waals surface area (Å²) in [6.07, 6.45) is 3.12. The lowest BCUT2D eigenvalue weighted by Crippen LogP contribution is -2.45. The number of hydrogen-bond donors (Lipinski definition) is 1. The Labute approximate surface area is 127 Å². The first-order valence-corrected chi connectivity index (χ1v) is 7.80. The van der Waals surface area contributed by atoms with Crippen molar-refractivity contribution < 1.29 is 9.53 Å². The van der Waals surface area contributed by atoms with Crippen LogP contribution in [0, 0.1) is 0 Å². The van der Waals surface area contributed by atoms with Crippen LogP contribution in [-0.4, -0.2) is 43.7 Å². The van der Waals surface area contributed by atoms with E-state index in [0.29, 0.717) is 6.04 Å². The first kappa shape index (κ1) is 16.0. The van der Waals surface area contributed by atoms with Gasteiger partial charge in [-0.3, -0.25) is 4.79 Å². The molecule has 2 rings (SSSR count). The number of benzene rings is 1. The fraction of sp³-hybridized carbons (Fsp3) is 0.588. The van der Waals surface area contributed by atoms with Crippen molar-refractivity contribution in [1.82, 2.24) is 10.2 Å². The van der Waals surface area contributed by atoms with E-state index in [1.807, 2.05) is 4.90 Å². The third-order valence-electron chi connectivity index (χ3n) is 4.14. The molecule has 0 saturated carbocycles. The van der Waals surface area contributed by atoms with Gasteiger partial charge in [-0.25, -0.2) is 0 Å². The second-order valence-electron chi connectivity index (χ2n) is 5.64. The number of amides is 1. The number of ether oxygens (including phenoxy) is 1. The quantitative estimate of drug-likeness (QED) is 0.871. The Kier molecular flexibility index (Phi) is 6.21. The highest BCUT2D eigenvalue weighted by atomic mass is 16.5. The number of nitrogens with one attached hydrogen (secondary N) is 1. The van der Waals surface area contributed by atoms with Crippen molar-refractivity contribution in [2.75, 3.05) is 26.8 Å². The molecule has 1 aliphatic rings. The predicted molar refractivity (Wildman–Crippen MR) is 84.1 cm³/mol. The second-order valence-corrected chi connectivity index (χ2v) is 5.64. The first-order chi connectivity index (χ1) is 10.2. The summed E-state index contributed by atoms with van der Waals surface area (Å²) in [5.74, 6) is 0.103. The number of piperidine rings is 1. The summed E-state index contributed by atoms with van der Waals surface area (Å²) < 4.78 is 4.90. The number of carbonyl (C=O) groups is 1. The van der Waals surface area contributed by atoms with Crippen LogP contribution in [0.15, 0.2) is 24.3 Å². The lowest BCUT2D eigenvalue weighted by Gasteiger charge is -2.32. The lowest BCUT2D eigenvalue weighted by atomic mass is 10.0. The first-order valence-electron chi connectivity index (χ1n) is 7.80. The Bertz CT molecular complexity index is 437. The molecule has 1 aromatic rings. The largest absolute Gasteiger partial charge is 0.375 e. The van der Waals surface area contributed by atoms with Gasteiger partial charge < -0.3 is 15.0 Å². The van der Waals surface area contributed by atoms with Gasteiger partial charge in [-0.15, -0.1) is 0 Å². The second kappa shape index (κ2) is 8.15. The van der Waals surface area contributed by atoms with Gasteiger partial charge in [0.15, 0.2) is 0 Å². The van der Waals surface area contributed by atoms with Gasteiger partial charge in [0.25, 0.3) is 0 Å². The number of carbonyl (C=O) groups excluding carboxylic acids is 1. The maximum Gasteiger partial charge on any atom is 0.248 e. The predicted octanol–water partition coefficient (Wildman–Crippen LogP) is 1.98. The Balaban J connectivity index is 1.72. The average molecular weight is 290 g/mol. The number of nitrogens with zero attached hydrogens (tertiary/aromatic N) is 1. The zero-order chi connectivity index (χ0) is 15.1. The highest BCUT2D eigenvalue weighted by molar-refractivity contribution is 5.77. The van der Waals surface area contributed by atoms with Crippen LogP contribution < -0.4 is 5.32 Å². The molecule has 1 heterocycles. The molecule has 0 radical (unpaired) electrons. The highest BCUT2D eigenvalue weighted by Crippen LogP contribution is 2.12. The molecule has 1 aliphatic heterocycles. The van der Waals surface area contributed by atoms with Crippen molar-refractivity contribution >= 4 is 5.91 Å². The summed E-state index contributed by atoms with van der Waals surface area (Å²) in [6.45, 7) is 4.93. The van der Waals surface area contributed by atoms with E-state index in [0.717, 1.165) is 38.9 Å². The molecule has 4 nitrogen and oxygen atoms in total. The van der Waals surface area contributed by atoms with Crippen LogP contribution >= 0.6 is 0 Å². The van der Waals surface area contributed by atoms with Gasteiger partial charge in [0.05, 0.1) is 0 Å². The maximum absolute atomic E-state index is 11.7. The van der Waals surface area contributed by atoms with E-state index in [1.54, 1.807) is 7.11 Å². The van der Waals surface area contributed by atoms with Gasteiger partial charge in [0.1, 0.15) is 6.61 Å². The summed E-state index contributed by atoms with van der Waals surface area (Å²) in [5.41, 5.74) is 2.70. The van der Waals surface area contributed by atoms with Crippen molar-refractivity contribution in [1.29, 1.82) is 0 Å². The molecule has 1 N–H and O–H groups in total. The lowest BCUT2D eigenvalue weighted by molar-refractivity contribution is -0.136. The van der Waals surface area contributed by atoms with Gasteiger partial charge in [-0.05, 0) is 30.4 Å². The molecule has 0 bridgehead atoms. The minimum Gasteiger partial charge on any atom is -0.375 e. The number of methoxy groups -OCH3 is 1. The molecular weight excluding hydrogens is 264 g/mol. The Morgan fingerprint density at radius 1 is 1.24 bits per heavy atom. The smallest absolute Gasteiger partial charge is 0.248 e. The minimum absolute atomic E-state index is 0.103. The van der Waals surface area contributed by atoms with Crippen molar-refractivity contribution in [3.8, 4) is 0 Å². The normalized spacial score (nSPS) is 16.2. The molecule has 21 heavy (non-hydrogen) atoms. The number of hydrogen-bond acceptors (Lipinski definition) is 3. The SMILES string of the molecule is CCc1ccc(CNC2CCN(C(=O)COC)CC2)cc1. The van der Waals surface area contributed by atoms with Crippen molar-refractivity contribution in [2.24, 2.45) is 0 Å². The molecule has 1 saturated heterocycles. The van der Waals surface area contributed by atoms with Crippen LogP contribution in [0.4, 0.5) is 0 Å². The maximum atomic E-state index is 11.7. The number of rotatable bonds is 6. The summed E-state index contributed by atoms with van der Waals surface area (Å²) in [6, 6.07) is 9.29. The van der Waals surface area contributed by atoms with Crippen LogP contribution in [0.5, 0.6) is 0 Å². The number of aryl methyl sites for hydroxylation is 1. The molecule has 0 unspecified atom stereocenters. The van der Waals surface area contributed by atoms with E-state index in [2.05, 4.69) is 36.5 Å². The average Bonchev–Trinajstić information content (AvgIpc) is 2.54. The van der Waals surface area contributed by atoms with Gasteiger partial charge in [0, 0.05) is 32.8 Å². The van der Waals surface area contributed by atoms with Gasteiger partial charge in [-0.2, -0.15) is 0 Å². The van der Waals surface area contributed by atoms with Gasteiger partial charge in [-0.1, -0.05) is 31.2 Å². The van der Waals surface area contributed by atoms with Crippen LogP contribution in [0.2, 0.25) is 0 Å². The molecule has 1 amide bonds. The fourth-order valence-corrected chi connectivity index (χ4v) is 2.70. The third-order valence-corrected chi connectivity index (χ3v) is 4.14. The summed E-state index contributed by atoms with van der Waals surface area (Å²) >= 11 is 0. The highest BCUT2D eigenvalue weighted by Gasteiger charge is 2.21. The van der Waals surface area contributed by atoms with E-state index in [-0.39, 0.29) is 12.5 Å². The summed E-state index contributed by atoms with van der Waals surface area (Å²) in [4.78, 5) is 13.6. The Morgan fingerprint density at radius 2 is 1.86 bits per heavy atom. The summed E-state index contributed by atoms with van der Waals surface area (Å²) in [7, 11) is 1.57. The molecule has 4 heteroatoms. The van der Waals surface area contributed by atoms with E-state index >= 15 is 0 Å². The molecule has 0 aromatic heterocycles. The monoisotopic (exact) mass is 290 g/mol. The van der Waals surface area contributed by atoms with Crippen LogP contribution in [0.1, 0.15) is 30.9 Å². The van der Waals surface area contributed by atoms with Crippen LogP contribution in [0.3, 0.4) is 0 Å². The van der Waals surface area contributed by atoms with E-state index in [1.165, 1.54) is 11.1 Å². The zero-order valence-electron chi connectivity index (χ0n) is 13.1. The van der Waals surface area contributed by atoms with Crippen molar-refractivity contribution in [3.63, 3.8) is 0 Å². The van der Waals surface area contributed by atoms with Gasteiger partial charge >= 0.3 is 0 Å². The fourth-order valence-electron chi connectivity index (χ4n) is 2.70. The molecule has 0 atom stereocenters. The molecule has 1 aromatic carbocycles. The van der Waals surface area contributed by atoms with E-state index < -0.39 is 0 Å². The molecule has 0 aliphatic carbocycles. The molecule has 116 valence electrons. The minimum atomic E-state index is 0.103. The standard InChI is InChI=1S/C17H26N2O2/c1-3-14-4-6-15(7-5-14)12-18-16-8-10-19(11-9-16)17(20)13-21-2/h4-7,16,18H,3,8-13H2,1-2H3. The molecular formula is C17H26N2O2. The Hall–Kier alpha value is -1.39. The molecule has 1 fully saturated rings. The third kappa shape index (κ3) is 4.83. The summed E-state index contributed by atoms with van der Waals surface area (Å²) in [5, 5.41) is 3.60. The molecule has 0 spiro atoms. The van der Waals surface area contributed by atoms with Crippen molar-refractivity contribution in [2.45, 2.75) is 38.8 Å². The van der Waals surface area contributed by atoms with Gasteiger partial charge in [0.2, 0.25) is 5.91 Å². The Morgan fingerprint density at radius 3 is 2.43 bits per heavy atom. The van der Waals surface area contributed by atoms with E-state index in [4.69, 9.17) is 4.74 Å². The van der Waals surface area contributed by atoms with Crippen molar-refractivity contribution in [3.05, 3.63) is 35.4 Å². The van der Waals surface area contributed by atoms with Crippen LogP contribution in [0.25, 0.3) is 0 Å². The topological polar surface area (TPSA) is 41.6 Å². The number of likely N-dealkylation sites (tertiary alicyclic amines) is 1. The van der Waals surface area contributed by atoms with Crippen LogP contribution in [-0.2, 0) is 22.5 Å². The van der Waals surface area contributed by atoms with E-state index in [9.17, 15) is 4.79 Å².